The number of rotatable bonds is 30. The number of hydrogen-bond acceptors (Lipinski definition) is 11. The normalized spacial score (nSPS) is 15.1. The van der Waals surface area contributed by atoms with E-state index < -0.39 is 89.6 Å². The fraction of sp³-hybridized carbons (Fsp3) is 0.431. The second-order valence-corrected chi connectivity index (χ2v) is 21.3. The maximum absolute atomic E-state index is 15.3. The molecule has 1 aliphatic carbocycles. The molecule has 0 radical (unpaired) electrons. The van der Waals surface area contributed by atoms with Gasteiger partial charge in [0.25, 0.3) is 0 Å². The number of H-pyrrole nitrogens is 1. The van der Waals surface area contributed by atoms with Gasteiger partial charge in [0, 0.05) is 42.9 Å². The molecule has 1 aromatic heterocycles. The highest BCUT2D eigenvalue weighted by molar-refractivity contribution is 7.98. The number of aromatic amines is 1. The van der Waals surface area contributed by atoms with Crippen LogP contribution >= 0.6 is 11.8 Å². The Morgan fingerprint density at radius 3 is 1.80 bits per heavy atom. The molecule has 22 heteroatoms. The SMILES string of the molecule is CSCC[C@H](NC(=O)CN)C(=O)N[C@@H](C)C(=O)N[C@@H](CC1CCCCC1)C(=O)N[C@H](Cc1cccc2ccccc12)C(=O)N[C@H](Cc1c[nH]c2ccccc12)C(=O)N[C@@H](Cc1ccccc1)C(=O)N[C@@H](CCCN=C(N)N)C(N)=O. The maximum Gasteiger partial charge on any atom is 0.243 e. The molecule has 0 spiro atoms. The van der Waals surface area contributed by atoms with Crippen molar-refractivity contribution in [3.05, 3.63) is 120 Å². The van der Waals surface area contributed by atoms with E-state index in [4.69, 9.17) is 22.9 Å². The van der Waals surface area contributed by atoms with Gasteiger partial charge in [0.2, 0.25) is 47.3 Å². The first-order valence-corrected chi connectivity index (χ1v) is 28.6. The van der Waals surface area contributed by atoms with Crippen LogP contribution in [0, 0.1) is 5.92 Å². The Labute approximate surface area is 470 Å². The molecule has 0 unspecified atom stereocenters. The number of para-hydroxylation sites is 1. The van der Waals surface area contributed by atoms with Crippen LogP contribution in [0.4, 0.5) is 0 Å². The van der Waals surface area contributed by atoms with Crippen LogP contribution in [0.15, 0.2) is 108 Å². The number of nitrogens with zero attached hydrogens (tertiary/aromatic N) is 1. The number of benzene rings is 4. The summed E-state index contributed by atoms with van der Waals surface area (Å²) < 4.78 is 0. The highest BCUT2D eigenvalue weighted by atomic mass is 32.2. The highest BCUT2D eigenvalue weighted by Crippen LogP contribution is 2.28. The molecule has 6 rings (SSSR count). The van der Waals surface area contributed by atoms with E-state index in [-0.39, 0.29) is 63.5 Å². The number of guanidine groups is 1. The van der Waals surface area contributed by atoms with Crippen LogP contribution in [0.25, 0.3) is 21.7 Å². The summed E-state index contributed by atoms with van der Waals surface area (Å²) in [6.07, 6.45) is 8.98. The van der Waals surface area contributed by atoms with Gasteiger partial charge in [0.05, 0.1) is 6.54 Å². The lowest BCUT2D eigenvalue weighted by atomic mass is 9.84. The standard InChI is InChI=1S/C58H77N13O8S/c1-35(65-53(75)45(26-28-80-2)66-50(72)33-59)52(74)68-46(29-36-15-5-3-6-16-36)55(77)70-48(31-39-21-13-20-38-19-9-10-22-41(38)39)56(78)71-49(32-40-34-64-43-24-12-11-23-42(40)43)57(79)69-47(30-37-17-7-4-8-18-37)54(76)67-44(51(60)73)25-14-27-63-58(61)62/h4,7-13,17-24,34-36,44-49,64H,3,5-6,14-16,25-33,59H2,1-2H3,(H2,60,73)(H,65,75)(H,66,72)(H,67,76)(H,68,74)(H,69,79)(H,70,77)(H,71,78)(H4,61,62,63)/t35-,44-,45-,46-,47-,48+,49+/m0/s1. The molecule has 4 aromatic carbocycles. The monoisotopic (exact) mass is 1120 g/mol. The van der Waals surface area contributed by atoms with Crippen molar-refractivity contribution >= 4 is 86.7 Å². The number of thioether (sulfide) groups is 1. The van der Waals surface area contributed by atoms with Gasteiger partial charge in [-0.2, -0.15) is 11.8 Å². The van der Waals surface area contributed by atoms with Crippen LogP contribution in [0.1, 0.15) is 81.4 Å². The fourth-order valence-corrected chi connectivity index (χ4v) is 10.5. The minimum atomic E-state index is -1.36. The minimum Gasteiger partial charge on any atom is -0.370 e. The first kappa shape index (κ1) is 61.2. The third-order valence-electron chi connectivity index (χ3n) is 14.3. The summed E-state index contributed by atoms with van der Waals surface area (Å²) in [7, 11) is 0. The molecule has 1 heterocycles. The predicted molar refractivity (Wildman–Crippen MR) is 311 cm³/mol. The van der Waals surface area contributed by atoms with Gasteiger partial charge in [0.1, 0.15) is 42.3 Å². The van der Waals surface area contributed by atoms with Gasteiger partial charge in [-0.15, -0.1) is 0 Å². The Hall–Kier alpha value is -7.98. The summed E-state index contributed by atoms with van der Waals surface area (Å²) in [5.41, 5.74) is 25.1. The highest BCUT2D eigenvalue weighted by Gasteiger charge is 2.35. The number of hydrogen-bond donors (Lipinski definition) is 12. The van der Waals surface area contributed by atoms with Gasteiger partial charge in [-0.1, -0.05) is 123 Å². The van der Waals surface area contributed by atoms with Crippen LogP contribution < -0.4 is 60.2 Å². The van der Waals surface area contributed by atoms with Crippen molar-refractivity contribution in [1.82, 2.24) is 42.2 Å². The minimum absolute atomic E-state index is 0.00867. The molecular weight excluding hydrogens is 1040 g/mol. The number of nitrogens with one attached hydrogen (secondary N) is 8. The quantitative estimate of drug-likeness (QED) is 0.0179. The maximum atomic E-state index is 15.3. The molecule has 80 heavy (non-hydrogen) atoms. The number of aromatic nitrogens is 1. The molecule has 1 saturated carbocycles. The van der Waals surface area contributed by atoms with Gasteiger partial charge in [-0.05, 0) is 84.1 Å². The van der Waals surface area contributed by atoms with Crippen LogP contribution in [0.5, 0.6) is 0 Å². The van der Waals surface area contributed by atoms with Crippen molar-refractivity contribution in [2.24, 2.45) is 33.8 Å². The zero-order chi connectivity index (χ0) is 57.6. The lowest BCUT2D eigenvalue weighted by Gasteiger charge is -2.30. The molecule has 0 aliphatic heterocycles. The number of amides is 8. The van der Waals surface area contributed by atoms with E-state index in [2.05, 4.69) is 47.2 Å². The number of primary amides is 1. The van der Waals surface area contributed by atoms with Gasteiger partial charge >= 0.3 is 0 Å². The topological polar surface area (TPSA) is 353 Å². The molecule has 0 saturated heterocycles. The van der Waals surface area contributed by atoms with E-state index in [1.807, 2.05) is 79.1 Å². The van der Waals surface area contributed by atoms with E-state index in [0.717, 1.165) is 53.8 Å². The number of fused-ring (bicyclic) bond motifs is 2. The van der Waals surface area contributed by atoms with Crippen molar-refractivity contribution in [3.63, 3.8) is 0 Å². The number of aliphatic imine (C=N–C) groups is 1. The number of nitrogens with two attached hydrogens (primary N) is 4. The summed E-state index contributed by atoms with van der Waals surface area (Å²) in [6, 6.07) is 21.3. The second kappa shape index (κ2) is 31.0. The number of carbonyl (C=O) groups is 8. The Balaban J connectivity index is 1.32. The Bertz CT molecular complexity index is 2940. The van der Waals surface area contributed by atoms with Crippen molar-refractivity contribution < 1.29 is 38.4 Å². The molecule has 0 bridgehead atoms. The van der Waals surface area contributed by atoms with E-state index in [1.54, 1.807) is 30.5 Å². The summed E-state index contributed by atoms with van der Waals surface area (Å²) in [5, 5.41) is 22.2. The van der Waals surface area contributed by atoms with Crippen molar-refractivity contribution in [3.8, 4) is 0 Å². The largest absolute Gasteiger partial charge is 0.370 e. The molecule has 16 N–H and O–H groups in total. The van der Waals surface area contributed by atoms with Gasteiger partial charge in [-0.3, -0.25) is 43.3 Å². The molecule has 7 atom stereocenters. The van der Waals surface area contributed by atoms with Gasteiger partial charge in [0.15, 0.2) is 5.96 Å². The van der Waals surface area contributed by atoms with Crippen LogP contribution in [0.2, 0.25) is 0 Å². The molecule has 1 fully saturated rings. The zero-order valence-corrected chi connectivity index (χ0v) is 46.3. The molecule has 8 amide bonds. The third-order valence-corrected chi connectivity index (χ3v) is 15.0. The second-order valence-electron chi connectivity index (χ2n) is 20.3. The van der Waals surface area contributed by atoms with Gasteiger partial charge in [-0.25, -0.2) is 0 Å². The fourth-order valence-electron chi connectivity index (χ4n) is 9.99. The Kier molecular flexibility index (Phi) is 23.7. The Morgan fingerprint density at radius 1 is 0.588 bits per heavy atom. The lowest BCUT2D eigenvalue weighted by Crippen LogP contribution is -2.61. The molecule has 1 aliphatic rings. The predicted octanol–water partition coefficient (Wildman–Crippen LogP) is 1.98. The van der Waals surface area contributed by atoms with Crippen LogP contribution in [-0.2, 0) is 57.6 Å². The summed E-state index contributed by atoms with van der Waals surface area (Å²) in [6.45, 7) is 1.33. The van der Waals surface area contributed by atoms with Crippen molar-refractivity contribution in [1.29, 1.82) is 0 Å². The first-order valence-electron chi connectivity index (χ1n) is 27.2. The van der Waals surface area contributed by atoms with E-state index in [9.17, 15) is 28.8 Å². The van der Waals surface area contributed by atoms with E-state index in [0.29, 0.717) is 28.9 Å². The van der Waals surface area contributed by atoms with Crippen LogP contribution in [-0.4, -0.2) is 126 Å². The lowest BCUT2D eigenvalue weighted by molar-refractivity contribution is -0.135. The molecule has 21 nitrogen and oxygen atoms in total. The van der Waals surface area contributed by atoms with Gasteiger partial charge < -0.3 is 65.1 Å². The van der Waals surface area contributed by atoms with Crippen LogP contribution in [0.3, 0.4) is 0 Å². The summed E-state index contributed by atoms with van der Waals surface area (Å²) in [4.78, 5) is 119. The summed E-state index contributed by atoms with van der Waals surface area (Å²) in [5.74, 6) is -4.95. The Morgan fingerprint density at radius 2 is 1.15 bits per heavy atom. The molecule has 5 aromatic rings. The average Bonchev–Trinajstić information content (AvgIpc) is 3.87. The molecular formula is C58H77N13O8S. The molecule has 428 valence electrons. The van der Waals surface area contributed by atoms with Crippen molar-refractivity contribution in [2.45, 2.75) is 126 Å². The first-order chi connectivity index (χ1) is 38.5. The zero-order valence-electron chi connectivity index (χ0n) is 45.5. The average molecular weight is 1120 g/mol. The van der Waals surface area contributed by atoms with E-state index >= 15 is 9.59 Å². The number of carbonyl (C=O) groups excluding carboxylic acids is 8. The summed E-state index contributed by atoms with van der Waals surface area (Å²) >= 11 is 1.49. The van der Waals surface area contributed by atoms with E-state index in [1.165, 1.54) is 18.7 Å². The van der Waals surface area contributed by atoms with Crippen molar-refractivity contribution in [2.75, 3.05) is 25.1 Å². The third kappa shape index (κ3) is 18.6. The smallest absolute Gasteiger partial charge is 0.243 e.